The zero-order chi connectivity index (χ0) is 20.5. The number of thioether (sulfide) groups is 1. The molecule has 3 nitrogen and oxygen atoms in total. The van der Waals surface area contributed by atoms with E-state index >= 15 is 0 Å². The van der Waals surface area contributed by atoms with Crippen molar-refractivity contribution in [3.05, 3.63) is 81.4 Å². The van der Waals surface area contributed by atoms with Crippen LogP contribution in [0.2, 0.25) is 5.02 Å². The molecule has 1 amide bonds. The Morgan fingerprint density at radius 3 is 2.55 bits per heavy atom. The van der Waals surface area contributed by atoms with Gasteiger partial charge in [0.05, 0.1) is 10.6 Å². The summed E-state index contributed by atoms with van der Waals surface area (Å²) >= 11 is 14.2. The second-order valence-corrected chi connectivity index (χ2v) is 9.69. The van der Waals surface area contributed by atoms with Crippen LogP contribution in [0.15, 0.2) is 73.9 Å². The zero-order valence-electron chi connectivity index (χ0n) is 15.6. The normalized spacial score (nSPS) is 15.6. The van der Waals surface area contributed by atoms with Crippen LogP contribution in [0.5, 0.6) is 0 Å². The molecular weight excluding hydrogens is 442 g/mol. The van der Waals surface area contributed by atoms with Crippen LogP contribution in [0.4, 0.5) is 5.69 Å². The lowest BCUT2D eigenvalue weighted by molar-refractivity contribution is -0.113. The van der Waals surface area contributed by atoms with Gasteiger partial charge < -0.3 is 4.42 Å². The predicted octanol–water partition coefficient (Wildman–Crippen LogP) is 7.11. The number of hydrogen-bond donors (Lipinski definition) is 0. The molecule has 146 valence electrons. The van der Waals surface area contributed by atoms with Crippen molar-refractivity contribution >= 4 is 69.3 Å². The topological polar surface area (TPSA) is 33.5 Å². The third-order valence-corrected chi connectivity index (χ3v) is 6.93. The number of carbonyl (C=O) groups is 1. The summed E-state index contributed by atoms with van der Waals surface area (Å²) in [6.07, 6.45) is 1.74. The number of nitrogens with zero attached hydrogens (tertiary/aromatic N) is 1. The molecule has 4 rings (SSSR count). The number of carbonyl (C=O) groups excluding carboxylic acids is 1. The molecule has 0 unspecified atom stereocenters. The molecule has 29 heavy (non-hydrogen) atoms. The second-order valence-electron chi connectivity index (χ2n) is 6.50. The van der Waals surface area contributed by atoms with Crippen molar-refractivity contribution in [3.8, 4) is 0 Å². The molecule has 0 atom stereocenters. The van der Waals surface area contributed by atoms with Crippen molar-refractivity contribution in [3.63, 3.8) is 0 Å². The Morgan fingerprint density at radius 2 is 1.83 bits per heavy atom. The van der Waals surface area contributed by atoms with E-state index in [-0.39, 0.29) is 5.91 Å². The first-order chi connectivity index (χ1) is 13.9. The number of thiocarbonyl (C=S) groups is 1. The average Bonchev–Trinajstić information content (AvgIpc) is 3.24. The van der Waals surface area contributed by atoms with Gasteiger partial charge in [-0.15, -0.1) is 0 Å². The molecule has 2 heterocycles. The van der Waals surface area contributed by atoms with E-state index < -0.39 is 0 Å². The number of hydrogen-bond acceptors (Lipinski definition) is 5. The first kappa shape index (κ1) is 20.3. The lowest BCUT2D eigenvalue weighted by atomic mass is 10.1. The molecule has 7 heteroatoms. The summed E-state index contributed by atoms with van der Waals surface area (Å²) < 4.78 is 6.39. The Morgan fingerprint density at radius 1 is 1.07 bits per heavy atom. The SMILES string of the molecule is Cc1ccc(N2C(=O)C(=Cc3ccc(Sc4ccc(Cl)cc4)o3)SC2=S)cc1C. The van der Waals surface area contributed by atoms with Gasteiger partial charge >= 0.3 is 0 Å². The Kier molecular flexibility index (Phi) is 5.88. The highest BCUT2D eigenvalue weighted by molar-refractivity contribution is 8.27. The molecule has 1 saturated heterocycles. The Balaban J connectivity index is 1.53. The summed E-state index contributed by atoms with van der Waals surface area (Å²) in [5.74, 6) is 0.480. The molecule has 0 saturated carbocycles. The fraction of sp³-hybridized carbons (Fsp3) is 0.0909. The molecule has 3 aromatic rings. The van der Waals surface area contributed by atoms with Crippen LogP contribution in [0.25, 0.3) is 6.08 Å². The molecule has 1 aromatic heterocycles. The van der Waals surface area contributed by atoms with Crippen molar-refractivity contribution in [2.75, 3.05) is 4.90 Å². The minimum Gasteiger partial charge on any atom is -0.450 e. The van der Waals surface area contributed by atoms with Crippen LogP contribution in [0.3, 0.4) is 0 Å². The van der Waals surface area contributed by atoms with Crippen molar-refractivity contribution < 1.29 is 9.21 Å². The molecule has 0 N–H and O–H groups in total. The van der Waals surface area contributed by atoms with E-state index in [9.17, 15) is 4.79 Å². The quantitative estimate of drug-likeness (QED) is 0.308. The highest BCUT2D eigenvalue weighted by atomic mass is 35.5. The minimum atomic E-state index is -0.133. The maximum Gasteiger partial charge on any atom is 0.270 e. The molecule has 2 aromatic carbocycles. The van der Waals surface area contributed by atoms with Gasteiger partial charge in [0.2, 0.25) is 0 Å². The highest BCUT2D eigenvalue weighted by Gasteiger charge is 2.33. The number of aryl methyl sites for hydroxylation is 2. The van der Waals surface area contributed by atoms with E-state index in [1.165, 1.54) is 29.1 Å². The van der Waals surface area contributed by atoms with Gasteiger partial charge in [0, 0.05) is 16.0 Å². The van der Waals surface area contributed by atoms with E-state index in [1.807, 2.05) is 68.4 Å². The molecule has 0 spiro atoms. The van der Waals surface area contributed by atoms with Crippen molar-refractivity contribution in [1.82, 2.24) is 0 Å². The summed E-state index contributed by atoms with van der Waals surface area (Å²) in [6.45, 7) is 4.06. The van der Waals surface area contributed by atoms with E-state index in [1.54, 1.807) is 11.0 Å². The van der Waals surface area contributed by atoms with Gasteiger partial charge in [-0.05, 0) is 73.5 Å². The molecule has 1 fully saturated rings. The first-order valence-electron chi connectivity index (χ1n) is 8.79. The molecular formula is C22H16ClNO2S3. The van der Waals surface area contributed by atoms with Gasteiger partial charge in [-0.25, -0.2) is 0 Å². The molecule has 0 bridgehead atoms. The summed E-state index contributed by atoms with van der Waals surface area (Å²) in [7, 11) is 0. The van der Waals surface area contributed by atoms with Crippen LogP contribution in [0.1, 0.15) is 16.9 Å². The van der Waals surface area contributed by atoms with E-state index in [0.717, 1.165) is 21.2 Å². The number of rotatable bonds is 4. The number of anilines is 1. The molecule has 0 aliphatic carbocycles. The van der Waals surface area contributed by atoms with Crippen LogP contribution in [-0.2, 0) is 4.79 Å². The number of amides is 1. The third kappa shape index (κ3) is 4.46. The Bertz CT molecular complexity index is 1140. The molecule has 1 aliphatic rings. The lowest BCUT2D eigenvalue weighted by Gasteiger charge is -2.15. The molecule has 1 aliphatic heterocycles. The van der Waals surface area contributed by atoms with Gasteiger partial charge in [0.1, 0.15) is 5.76 Å². The number of benzene rings is 2. The van der Waals surface area contributed by atoms with Gasteiger partial charge in [-0.3, -0.25) is 9.69 Å². The Labute approximate surface area is 188 Å². The predicted molar refractivity (Wildman–Crippen MR) is 126 cm³/mol. The van der Waals surface area contributed by atoms with Crippen molar-refractivity contribution in [2.45, 2.75) is 23.8 Å². The summed E-state index contributed by atoms with van der Waals surface area (Å²) in [5.41, 5.74) is 3.09. The summed E-state index contributed by atoms with van der Waals surface area (Å²) in [5, 5.41) is 1.43. The second kappa shape index (κ2) is 8.40. The molecule has 0 radical (unpaired) electrons. The highest BCUT2D eigenvalue weighted by Crippen LogP contribution is 2.37. The van der Waals surface area contributed by atoms with E-state index in [0.29, 0.717) is 20.0 Å². The first-order valence-corrected chi connectivity index (χ1v) is 11.2. The monoisotopic (exact) mass is 457 g/mol. The minimum absolute atomic E-state index is 0.133. The fourth-order valence-electron chi connectivity index (χ4n) is 2.77. The maximum atomic E-state index is 12.9. The summed E-state index contributed by atoms with van der Waals surface area (Å²) in [6, 6.07) is 17.2. The number of halogens is 1. The van der Waals surface area contributed by atoms with Crippen LogP contribution < -0.4 is 4.90 Å². The smallest absolute Gasteiger partial charge is 0.270 e. The van der Waals surface area contributed by atoms with Crippen molar-refractivity contribution in [2.24, 2.45) is 0 Å². The number of furan rings is 1. The van der Waals surface area contributed by atoms with Gasteiger partial charge in [-0.2, -0.15) is 0 Å². The maximum absolute atomic E-state index is 12.9. The van der Waals surface area contributed by atoms with Crippen LogP contribution in [-0.4, -0.2) is 10.2 Å². The van der Waals surface area contributed by atoms with Crippen LogP contribution >= 0.6 is 47.3 Å². The average molecular weight is 458 g/mol. The van der Waals surface area contributed by atoms with Gasteiger partial charge in [0.15, 0.2) is 9.41 Å². The van der Waals surface area contributed by atoms with E-state index in [2.05, 4.69) is 0 Å². The zero-order valence-corrected chi connectivity index (χ0v) is 18.8. The lowest BCUT2D eigenvalue weighted by Crippen LogP contribution is -2.27. The third-order valence-electron chi connectivity index (χ3n) is 4.45. The van der Waals surface area contributed by atoms with Crippen molar-refractivity contribution in [1.29, 1.82) is 0 Å². The van der Waals surface area contributed by atoms with Gasteiger partial charge in [0.25, 0.3) is 5.91 Å². The fourth-order valence-corrected chi connectivity index (χ4v) is 4.95. The standard InChI is InChI=1S/C22H16ClNO2S3/c1-13-3-6-16(11-14(13)2)24-21(25)19(29-22(24)27)12-17-7-10-20(26-17)28-18-8-4-15(23)5-9-18/h3-12H,1-2H3. The van der Waals surface area contributed by atoms with Gasteiger partial charge in [-0.1, -0.05) is 53.4 Å². The van der Waals surface area contributed by atoms with Crippen LogP contribution in [0, 0.1) is 13.8 Å². The summed E-state index contributed by atoms with van der Waals surface area (Å²) in [4.78, 5) is 16.1. The van der Waals surface area contributed by atoms with E-state index in [4.69, 9.17) is 28.2 Å². The Hall–Kier alpha value is -1.99. The largest absolute Gasteiger partial charge is 0.450 e.